The Morgan fingerprint density at radius 2 is 1.69 bits per heavy atom. The number of hydrogen-bond donors (Lipinski definition) is 2. The van der Waals surface area contributed by atoms with Crippen LogP contribution in [0.5, 0.6) is 11.5 Å². The van der Waals surface area contributed by atoms with Crippen LogP contribution in [0.4, 0.5) is 5.69 Å². The summed E-state index contributed by atoms with van der Waals surface area (Å²) in [6.45, 7) is 1.10. The fourth-order valence-corrected chi connectivity index (χ4v) is 5.79. The summed E-state index contributed by atoms with van der Waals surface area (Å²) in [6.07, 6.45) is 0. The van der Waals surface area contributed by atoms with Crippen molar-refractivity contribution in [3.8, 4) is 11.5 Å². The largest absolute Gasteiger partial charge is 0.508 e. The number of hydrogen-bond acceptors (Lipinski definition) is 5. The molecule has 0 spiro atoms. The van der Waals surface area contributed by atoms with Crippen molar-refractivity contribution in [2.24, 2.45) is 5.73 Å². The Hall–Kier alpha value is -3.07. The van der Waals surface area contributed by atoms with Crippen molar-refractivity contribution in [1.82, 2.24) is 3.89 Å². The second-order valence-corrected chi connectivity index (χ2v) is 9.90. The maximum absolute atomic E-state index is 14.1. The van der Waals surface area contributed by atoms with Crippen LogP contribution in [0, 0.1) is 6.92 Å². The molecule has 9 heteroatoms. The predicted molar refractivity (Wildman–Crippen MR) is 124 cm³/mol. The van der Waals surface area contributed by atoms with Crippen LogP contribution in [0.15, 0.2) is 71.6 Å². The molecule has 3 aromatic rings. The van der Waals surface area contributed by atoms with Crippen LogP contribution in [0.25, 0.3) is 0 Å². The van der Waals surface area contributed by atoms with Crippen LogP contribution in [0.2, 0.25) is 5.02 Å². The first-order valence-electron chi connectivity index (χ1n) is 9.69. The molecule has 0 saturated heterocycles. The van der Waals surface area contributed by atoms with Crippen LogP contribution in [-0.2, 0) is 21.4 Å². The van der Waals surface area contributed by atoms with E-state index in [1.807, 2.05) is 0 Å². The average Bonchev–Trinajstić information content (AvgIpc) is 2.75. The van der Waals surface area contributed by atoms with Crippen LogP contribution in [-0.4, -0.2) is 33.1 Å². The summed E-state index contributed by atoms with van der Waals surface area (Å²) in [5.74, 6) is -0.256. The third-order valence-electron chi connectivity index (χ3n) is 5.28. The van der Waals surface area contributed by atoms with Crippen molar-refractivity contribution in [3.63, 3.8) is 0 Å². The van der Waals surface area contributed by atoms with Crippen molar-refractivity contribution in [3.05, 3.63) is 82.9 Å². The van der Waals surface area contributed by atoms with Gasteiger partial charge in [0.1, 0.15) is 22.9 Å². The molecule has 0 radical (unpaired) electrons. The normalized spacial score (nSPS) is 13.3. The Morgan fingerprint density at radius 3 is 2.25 bits per heavy atom. The van der Waals surface area contributed by atoms with Gasteiger partial charge in [0.15, 0.2) is 12.2 Å². The van der Waals surface area contributed by atoms with Gasteiger partial charge in [-0.1, -0.05) is 17.7 Å². The lowest BCUT2D eigenvalue weighted by atomic mass is 10.1. The van der Waals surface area contributed by atoms with Gasteiger partial charge in [-0.05, 0) is 61.5 Å². The molecular formula is C23H24ClN2O5S+. The van der Waals surface area contributed by atoms with Gasteiger partial charge in [0, 0.05) is 22.2 Å². The monoisotopic (exact) mass is 475 g/mol. The minimum absolute atomic E-state index is 0.0653. The summed E-state index contributed by atoms with van der Waals surface area (Å²) >= 11 is 6.35. The van der Waals surface area contributed by atoms with Gasteiger partial charge in [0.2, 0.25) is 0 Å². The Kier molecular flexibility index (Phi) is 6.78. The van der Waals surface area contributed by atoms with Crippen molar-refractivity contribution in [2.75, 3.05) is 13.7 Å². The van der Waals surface area contributed by atoms with Gasteiger partial charge >= 0.3 is 10.0 Å². The lowest BCUT2D eigenvalue weighted by Gasteiger charge is -2.36. The van der Waals surface area contributed by atoms with E-state index in [4.69, 9.17) is 22.1 Å². The number of phenols is 1. The number of methoxy groups -OCH3 is 1. The molecule has 0 fully saturated rings. The molecule has 0 aliphatic carbocycles. The highest BCUT2D eigenvalue weighted by Gasteiger charge is 2.48. The first kappa shape index (κ1) is 23.6. The molecular weight excluding hydrogens is 452 g/mol. The van der Waals surface area contributed by atoms with E-state index in [1.54, 1.807) is 49.4 Å². The topological polar surface area (TPSA) is 107 Å². The van der Waals surface area contributed by atoms with Crippen LogP contribution in [0.1, 0.15) is 11.1 Å². The highest BCUT2D eigenvalue weighted by Crippen LogP contribution is 2.39. The minimum atomic E-state index is -4.25. The van der Waals surface area contributed by atoms with E-state index in [1.165, 1.54) is 31.4 Å². The number of nitrogens with zero attached hydrogens (tertiary/aromatic N) is 1. The molecule has 0 aliphatic heterocycles. The second kappa shape index (κ2) is 9.20. The van der Waals surface area contributed by atoms with Gasteiger partial charge in [-0.2, -0.15) is 12.3 Å². The number of sulfonamides is 1. The molecule has 0 saturated carbocycles. The third-order valence-corrected chi connectivity index (χ3v) is 7.93. The molecule has 1 atom stereocenters. The van der Waals surface area contributed by atoms with Crippen LogP contribution < -0.4 is 14.4 Å². The van der Waals surface area contributed by atoms with Gasteiger partial charge in [-0.25, -0.2) is 0 Å². The number of amides is 1. The Balaban J connectivity index is 2.33. The van der Waals surface area contributed by atoms with Crippen molar-refractivity contribution < 1.29 is 23.1 Å². The summed E-state index contributed by atoms with van der Waals surface area (Å²) in [5, 5.41) is 10.0. The number of phenolic OH excluding ortho intramolecular Hbond substituents is 1. The fourth-order valence-electron chi connectivity index (χ4n) is 3.66. The molecule has 3 rings (SSSR count). The fraction of sp³-hybridized carbons (Fsp3) is 0.174. The zero-order valence-electron chi connectivity index (χ0n) is 17.7. The van der Waals surface area contributed by atoms with Gasteiger partial charge in [0.25, 0.3) is 5.91 Å². The zero-order chi connectivity index (χ0) is 23.5. The highest BCUT2D eigenvalue weighted by molar-refractivity contribution is 7.91. The summed E-state index contributed by atoms with van der Waals surface area (Å²) in [5.41, 5.74) is 7.09. The molecule has 0 aromatic heterocycles. The maximum atomic E-state index is 14.1. The number of carbonyl (C=O) groups is 1. The first-order chi connectivity index (χ1) is 15.1. The first-order valence-corrected chi connectivity index (χ1v) is 11.5. The highest BCUT2D eigenvalue weighted by atomic mass is 35.5. The number of benzene rings is 3. The van der Waals surface area contributed by atoms with Gasteiger partial charge in [-0.15, -0.1) is 0 Å². The van der Waals surface area contributed by atoms with E-state index in [2.05, 4.69) is 0 Å². The second-order valence-electron chi connectivity index (χ2n) is 7.37. The maximum Gasteiger partial charge on any atom is 0.332 e. The number of nitrogens with two attached hydrogens (primary N) is 1. The smallest absolute Gasteiger partial charge is 0.332 e. The van der Waals surface area contributed by atoms with Crippen LogP contribution >= 0.6 is 11.6 Å². The minimum Gasteiger partial charge on any atom is -0.508 e. The number of ether oxygens (including phenoxy) is 1. The Bertz CT molecular complexity index is 1230. The van der Waals surface area contributed by atoms with E-state index in [0.29, 0.717) is 27.6 Å². The molecule has 32 heavy (non-hydrogen) atoms. The molecule has 3 N–H and O–H groups in total. The summed E-state index contributed by atoms with van der Waals surface area (Å²) < 4.78 is 32.6. The van der Waals surface area contributed by atoms with E-state index in [-0.39, 0.29) is 17.2 Å². The number of aromatic hydroxyl groups is 1. The van der Waals surface area contributed by atoms with E-state index in [0.717, 1.165) is 0 Å². The molecule has 1 unspecified atom stereocenters. The van der Waals surface area contributed by atoms with E-state index < -0.39 is 26.4 Å². The molecule has 3 aromatic carbocycles. The van der Waals surface area contributed by atoms with Crippen LogP contribution in [0.3, 0.4) is 0 Å². The average molecular weight is 476 g/mol. The number of carbonyl (C=O) groups excluding carboxylic acids is 1. The third kappa shape index (κ3) is 4.43. The number of rotatable bonds is 8. The Labute approximate surface area is 192 Å². The summed E-state index contributed by atoms with van der Waals surface area (Å²) in [7, 11) is -2.71. The zero-order valence-corrected chi connectivity index (χ0v) is 19.2. The molecule has 1 amide bonds. The Morgan fingerprint density at radius 1 is 1.06 bits per heavy atom. The van der Waals surface area contributed by atoms with Crippen molar-refractivity contribution >= 4 is 33.2 Å². The quantitative estimate of drug-likeness (QED) is 0.482. The van der Waals surface area contributed by atoms with E-state index in [9.17, 15) is 18.3 Å². The molecule has 0 aliphatic rings. The number of quaternary nitrogens is 1. The van der Waals surface area contributed by atoms with Crippen molar-refractivity contribution in [2.45, 2.75) is 18.4 Å². The van der Waals surface area contributed by atoms with Gasteiger partial charge < -0.3 is 15.6 Å². The molecule has 0 heterocycles. The van der Waals surface area contributed by atoms with Gasteiger partial charge in [-0.3, -0.25) is 4.79 Å². The van der Waals surface area contributed by atoms with Gasteiger partial charge in [0.05, 0.1) is 7.11 Å². The standard InChI is InChI=1S/C23H23ClN2O5S/c1-16-21(24)4-3-5-22(16)26(15-23(25)28,14-17-6-10-19(31-2)11-7-17)32(29,30)20-12-8-18(27)9-13-20/h3-13H,14-15H2,1-2H3,(H2-,25,27,28)/p+1. The number of halogens is 1. The summed E-state index contributed by atoms with van der Waals surface area (Å²) in [6, 6.07) is 17.0. The predicted octanol–water partition coefficient (Wildman–Crippen LogP) is 3.74. The number of primary amides is 1. The molecule has 0 bridgehead atoms. The van der Waals surface area contributed by atoms with E-state index >= 15 is 0 Å². The molecule has 7 nitrogen and oxygen atoms in total. The van der Waals surface area contributed by atoms with Crippen molar-refractivity contribution in [1.29, 1.82) is 0 Å². The lowest BCUT2D eigenvalue weighted by Crippen LogP contribution is -2.57. The lowest BCUT2D eigenvalue weighted by molar-refractivity contribution is -0.118. The SMILES string of the molecule is COc1ccc(C[N+](CC(N)=O)(c2cccc(Cl)c2C)S(=O)(=O)c2ccc(O)cc2)cc1. The summed E-state index contributed by atoms with van der Waals surface area (Å²) in [4.78, 5) is 12.2. The molecule has 168 valence electrons.